The lowest BCUT2D eigenvalue weighted by Crippen LogP contribution is -2.56. The summed E-state index contributed by atoms with van der Waals surface area (Å²) < 4.78 is 11.3. The molecule has 0 spiro atoms. The van der Waals surface area contributed by atoms with Gasteiger partial charge in [-0.05, 0) is 75.6 Å². The van der Waals surface area contributed by atoms with Crippen LogP contribution in [0.15, 0.2) is 64.7 Å². The Balaban J connectivity index is 1.55. The minimum Gasteiger partial charge on any atom is -0.493 e. The van der Waals surface area contributed by atoms with E-state index < -0.39 is 11.5 Å². The van der Waals surface area contributed by atoms with Crippen molar-refractivity contribution in [3.8, 4) is 11.8 Å². The summed E-state index contributed by atoms with van der Waals surface area (Å²) >= 11 is 19.6. The standard InChI is InChI=1S/C38H45Cl3N6O4/c1-6-51-32-20-30(38(3,4)23-42)31(41)19-29(32)36-44-34(25-7-11-27(39)12-8-25)35(26-9-13-28(40)14-10-26)47(36)37(49)46-17-15-45(16-18-46)21-33(48)43-24(2)22-50-5/h7,9-14,19-20,24-25,34-35H,6,8,15-18,21-22H2,1-5H3,(H,43,48)/t24?,25?,34-,35+/m0/s1. The van der Waals surface area contributed by atoms with Gasteiger partial charge in [-0.15, -0.1) is 0 Å². The SMILES string of the molecule is CCOc1cc(C(C)(C)C#N)c(Cl)cc1C1=N[C@@H](C2C=CC(Cl)=CC2)[C@@H](c2ccc(Cl)cc2)N1C(=O)N1CCN(CC(=O)NC(C)COC)CC1. The van der Waals surface area contributed by atoms with Crippen LogP contribution in [0.2, 0.25) is 10.0 Å². The van der Waals surface area contributed by atoms with Gasteiger partial charge in [0.2, 0.25) is 5.91 Å². The molecule has 13 heteroatoms. The minimum absolute atomic E-state index is 0.0698. The number of benzene rings is 2. The number of aliphatic imine (C=N–C) groups is 1. The Morgan fingerprint density at radius 3 is 2.43 bits per heavy atom. The molecule has 272 valence electrons. The normalized spacial score (nSPS) is 21.5. The van der Waals surface area contributed by atoms with Crippen molar-refractivity contribution in [2.24, 2.45) is 10.9 Å². The van der Waals surface area contributed by atoms with E-state index in [1.807, 2.05) is 60.1 Å². The number of carbonyl (C=O) groups excluding carboxylic acids is 2. The molecule has 0 saturated carbocycles. The van der Waals surface area contributed by atoms with Crippen molar-refractivity contribution in [1.29, 1.82) is 5.26 Å². The summed E-state index contributed by atoms with van der Waals surface area (Å²) in [6.07, 6.45) is 6.54. The van der Waals surface area contributed by atoms with Gasteiger partial charge >= 0.3 is 6.03 Å². The highest BCUT2D eigenvalue weighted by Gasteiger charge is 2.47. The number of allylic oxidation sites excluding steroid dienone is 3. The maximum atomic E-state index is 15.0. The summed E-state index contributed by atoms with van der Waals surface area (Å²) in [5.74, 6) is 0.754. The topological polar surface area (TPSA) is 110 Å². The third-order valence-corrected chi connectivity index (χ3v) is 10.3. The summed E-state index contributed by atoms with van der Waals surface area (Å²) in [6.45, 7) is 10.3. The molecule has 0 bridgehead atoms. The van der Waals surface area contributed by atoms with Crippen LogP contribution in [0.25, 0.3) is 0 Å². The molecule has 10 nitrogen and oxygen atoms in total. The number of nitrogens with one attached hydrogen (secondary N) is 1. The van der Waals surface area contributed by atoms with Crippen LogP contribution in [0.1, 0.15) is 56.8 Å². The fraction of sp³-hybridized carbons (Fsp3) is 0.474. The Bertz CT molecular complexity index is 1730. The van der Waals surface area contributed by atoms with Gasteiger partial charge in [-0.2, -0.15) is 5.26 Å². The van der Waals surface area contributed by atoms with Crippen molar-refractivity contribution in [2.75, 3.05) is 53.0 Å². The van der Waals surface area contributed by atoms with E-state index in [1.54, 1.807) is 38.0 Å². The molecular weight excluding hydrogens is 711 g/mol. The predicted molar refractivity (Wildman–Crippen MR) is 202 cm³/mol. The smallest absolute Gasteiger partial charge is 0.326 e. The third kappa shape index (κ3) is 8.90. The fourth-order valence-corrected chi connectivity index (χ4v) is 7.46. The average molecular weight is 756 g/mol. The van der Waals surface area contributed by atoms with Gasteiger partial charge in [0, 0.05) is 60.3 Å². The lowest BCUT2D eigenvalue weighted by atomic mass is 9.85. The van der Waals surface area contributed by atoms with E-state index in [2.05, 4.69) is 17.5 Å². The molecule has 0 aromatic heterocycles. The minimum atomic E-state index is -0.889. The predicted octanol–water partition coefficient (Wildman–Crippen LogP) is 6.95. The Hall–Kier alpha value is -3.59. The number of hydrogen-bond donors (Lipinski definition) is 1. The Kier molecular flexibility index (Phi) is 12.7. The Labute approximate surface area is 315 Å². The van der Waals surface area contributed by atoms with Gasteiger partial charge in [0.15, 0.2) is 0 Å². The fourth-order valence-electron chi connectivity index (χ4n) is 6.77. The van der Waals surface area contributed by atoms with E-state index in [-0.39, 0.29) is 36.5 Å². The highest BCUT2D eigenvalue weighted by molar-refractivity contribution is 6.32. The number of nitriles is 1. The molecule has 2 unspecified atom stereocenters. The summed E-state index contributed by atoms with van der Waals surface area (Å²) in [5.41, 5.74) is 1.16. The summed E-state index contributed by atoms with van der Waals surface area (Å²) in [5, 5.41) is 14.5. The van der Waals surface area contributed by atoms with Crippen LogP contribution in [0.5, 0.6) is 5.75 Å². The quantitative estimate of drug-likeness (QED) is 0.266. The number of amides is 3. The molecule has 2 heterocycles. The second kappa shape index (κ2) is 16.8. The van der Waals surface area contributed by atoms with Gasteiger partial charge in [-0.3, -0.25) is 19.6 Å². The zero-order valence-corrected chi connectivity index (χ0v) is 31.9. The number of hydrogen-bond acceptors (Lipinski definition) is 7. The van der Waals surface area contributed by atoms with Crippen LogP contribution in [0.4, 0.5) is 4.79 Å². The molecule has 51 heavy (non-hydrogen) atoms. The number of urea groups is 1. The molecular formula is C38H45Cl3N6O4. The number of ether oxygens (including phenoxy) is 2. The molecule has 0 radical (unpaired) electrons. The second-order valence-electron chi connectivity index (χ2n) is 13.6. The van der Waals surface area contributed by atoms with E-state index in [0.717, 1.165) is 5.56 Å². The monoisotopic (exact) mass is 754 g/mol. The first-order valence-electron chi connectivity index (χ1n) is 17.2. The van der Waals surface area contributed by atoms with Crippen LogP contribution >= 0.6 is 34.8 Å². The van der Waals surface area contributed by atoms with Crippen LogP contribution in [-0.4, -0.2) is 97.6 Å². The van der Waals surface area contributed by atoms with Crippen molar-refractivity contribution in [2.45, 2.75) is 57.7 Å². The highest BCUT2D eigenvalue weighted by Crippen LogP contribution is 2.44. The number of piperazine rings is 1. The molecule has 2 aromatic carbocycles. The summed E-state index contributed by atoms with van der Waals surface area (Å²) in [4.78, 5) is 38.6. The first-order valence-corrected chi connectivity index (χ1v) is 18.3. The van der Waals surface area contributed by atoms with Crippen LogP contribution < -0.4 is 10.1 Å². The average Bonchev–Trinajstić information content (AvgIpc) is 3.50. The Morgan fingerprint density at radius 1 is 1.12 bits per heavy atom. The molecule has 3 amide bonds. The number of carbonyl (C=O) groups is 2. The van der Waals surface area contributed by atoms with Crippen LogP contribution in [0.3, 0.4) is 0 Å². The van der Waals surface area contributed by atoms with Gasteiger partial charge in [-0.1, -0.05) is 59.1 Å². The van der Waals surface area contributed by atoms with Gasteiger partial charge in [0.05, 0.1) is 48.9 Å². The molecule has 1 fully saturated rings. The first-order chi connectivity index (χ1) is 24.4. The zero-order chi connectivity index (χ0) is 36.9. The van der Waals surface area contributed by atoms with Gasteiger partial charge < -0.3 is 19.7 Å². The van der Waals surface area contributed by atoms with Crippen molar-refractivity contribution in [3.63, 3.8) is 0 Å². The Morgan fingerprint density at radius 2 is 1.82 bits per heavy atom. The molecule has 4 atom stereocenters. The van der Waals surface area contributed by atoms with Gasteiger partial charge in [0.25, 0.3) is 0 Å². The van der Waals surface area contributed by atoms with Crippen molar-refractivity contribution >= 4 is 52.6 Å². The number of nitrogens with zero attached hydrogens (tertiary/aromatic N) is 5. The van der Waals surface area contributed by atoms with E-state index in [9.17, 15) is 14.9 Å². The van der Waals surface area contributed by atoms with Crippen LogP contribution in [-0.2, 0) is 14.9 Å². The molecule has 1 aliphatic carbocycles. The maximum absolute atomic E-state index is 15.0. The first kappa shape index (κ1) is 38.6. The summed E-state index contributed by atoms with van der Waals surface area (Å²) in [7, 11) is 1.60. The van der Waals surface area contributed by atoms with E-state index in [0.29, 0.717) is 83.6 Å². The number of rotatable bonds is 11. The zero-order valence-electron chi connectivity index (χ0n) is 29.7. The molecule has 2 aliphatic heterocycles. The molecule has 1 saturated heterocycles. The molecule has 2 aromatic rings. The van der Waals surface area contributed by atoms with E-state index in [1.165, 1.54) is 0 Å². The summed E-state index contributed by atoms with van der Waals surface area (Å²) in [6, 6.07) is 12.2. The largest absolute Gasteiger partial charge is 0.493 e. The lowest BCUT2D eigenvalue weighted by molar-refractivity contribution is -0.123. The van der Waals surface area contributed by atoms with Crippen molar-refractivity contribution < 1.29 is 19.1 Å². The van der Waals surface area contributed by atoms with Crippen molar-refractivity contribution in [1.82, 2.24) is 20.0 Å². The van der Waals surface area contributed by atoms with E-state index in [4.69, 9.17) is 49.3 Å². The maximum Gasteiger partial charge on any atom is 0.326 e. The number of methoxy groups -OCH3 is 1. The van der Waals surface area contributed by atoms with E-state index >= 15 is 0 Å². The van der Waals surface area contributed by atoms with Gasteiger partial charge in [-0.25, -0.2) is 4.79 Å². The van der Waals surface area contributed by atoms with Crippen molar-refractivity contribution in [3.05, 3.63) is 86.4 Å². The molecule has 3 aliphatic rings. The van der Waals surface area contributed by atoms with Gasteiger partial charge in [0.1, 0.15) is 11.6 Å². The number of halogens is 3. The third-order valence-electron chi connectivity index (χ3n) is 9.44. The highest BCUT2D eigenvalue weighted by atomic mass is 35.5. The molecule has 5 rings (SSSR count). The number of amidine groups is 1. The van der Waals surface area contributed by atoms with Crippen LogP contribution in [0, 0.1) is 17.2 Å². The second-order valence-corrected chi connectivity index (χ2v) is 14.9. The molecule has 1 N–H and O–H groups in total. The lowest BCUT2D eigenvalue weighted by Gasteiger charge is -2.39.